The molecule has 0 unspecified atom stereocenters. The Balaban J connectivity index is 2.86. The maximum absolute atomic E-state index is 11.7. The van der Waals surface area contributed by atoms with Gasteiger partial charge in [0.2, 0.25) is 0 Å². The summed E-state index contributed by atoms with van der Waals surface area (Å²) in [6.45, 7) is 3.63. The molecule has 0 aliphatic carbocycles. The van der Waals surface area contributed by atoms with E-state index in [-0.39, 0.29) is 11.7 Å². The maximum atomic E-state index is 11.7. The van der Waals surface area contributed by atoms with Gasteiger partial charge in [-0.2, -0.15) is 0 Å². The van der Waals surface area contributed by atoms with E-state index in [9.17, 15) is 8.42 Å². The molecule has 5 nitrogen and oxygen atoms in total. The van der Waals surface area contributed by atoms with Crippen LogP contribution in [-0.2, 0) is 19.6 Å². The highest BCUT2D eigenvalue weighted by Gasteiger charge is 2.14. The average molecular weight is 245 g/mol. The van der Waals surface area contributed by atoms with Gasteiger partial charge in [0.1, 0.15) is 0 Å². The zero-order valence-electron chi connectivity index (χ0n) is 9.48. The van der Waals surface area contributed by atoms with Gasteiger partial charge in [-0.05, 0) is 37.1 Å². The summed E-state index contributed by atoms with van der Waals surface area (Å²) in [6, 6.07) is 4.87. The first-order chi connectivity index (χ1) is 7.47. The summed E-state index contributed by atoms with van der Waals surface area (Å²) in [7, 11) is -2.22. The number of rotatable bonds is 5. The zero-order chi connectivity index (χ0) is 12.2. The second-order valence-electron chi connectivity index (χ2n) is 3.38. The van der Waals surface area contributed by atoms with E-state index in [1.165, 1.54) is 13.2 Å². The summed E-state index contributed by atoms with van der Waals surface area (Å²) >= 11 is 0. The number of aryl methyl sites for hydroxylation is 2. The lowest BCUT2D eigenvalue weighted by molar-refractivity contribution is -0.0540. The molecule has 0 bridgehead atoms. The second-order valence-corrected chi connectivity index (χ2v) is 5.03. The highest BCUT2D eigenvalue weighted by atomic mass is 32.2. The minimum Gasteiger partial charge on any atom is -0.357 e. The highest BCUT2D eigenvalue weighted by molar-refractivity contribution is 7.89. The van der Waals surface area contributed by atoms with E-state index in [0.717, 1.165) is 11.1 Å². The number of hydrogen-bond donors (Lipinski definition) is 1. The predicted octanol–water partition coefficient (Wildman–Crippen LogP) is 1.12. The third-order valence-electron chi connectivity index (χ3n) is 2.13. The van der Waals surface area contributed by atoms with Crippen LogP contribution in [0.5, 0.6) is 0 Å². The summed E-state index contributed by atoms with van der Waals surface area (Å²) in [5, 5.41) is 0. The molecule has 0 saturated carbocycles. The minimum atomic E-state index is -3.62. The van der Waals surface area contributed by atoms with Crippen molar-refractivity contribution >= 4 is 10.0 Å². The highest BCUT2D eigenvalue weighted by Crippen LogP contribution is 2.14. The molecule has 0 saturated heterocycles. The number of hydrogen-bond acceptors (Lipinski definition) is 4. The Morgan fingerprint density at radius 1 is 1.25 bits per heavy atom. The second kappa shape index (κ2) is 5.40. The smallest absolute Gasteiger partial charge is 0.262 e. The SMILES string of the molecule is COCONS(=O)(=O)c1ccc(C)c(C)c1. The van der Waals surface area contributed by atoms with Crippen molar-refractivity contribution in [3.63, 3.8) is 0 Å². The van der Waals surface area contributed by atoms with Crippen molar-refractivity contribution in [3.05, 3.63) is 29.3 Å². The van der Waals surface area contributed by atoms with Crippen molar-refractivity contribution in [3.8, 4) is 0 Å². The van der Waals surface area contributed by atoms with Crippen LogP contribution in [0.25, 0.3) is 0 Å². The molecule has 0 aliphatic rings. The Kier molecular flexibility index (Phi) is 4.43. The number of benzene rings is 1. The lowest BCUT2D eigenvalue weighted by Crippen LogP contribution is -2.25. The van der Waals surface area contributed by atoms with E-state index in [4.69, 9.17) is 0 Å². The molecule has 16 heavy (non-hydrogen) atoms. The fourth-order valence-electron chi connectivity index (χ4n) is 1.09. The van der Waals surface area contributed by atoms with Gasteiger partial charge >= 0.3 is 0 Å². The monoisotopic (exact) mass is 245 g/mol. The van der Waals surface area contributed by atoms with E-state index in [1.54, 1.807) is 12.1 Å². The molecule has 0 amide bonds. The minimum absolute atomic E-state index is 0.135. The summed E-state index contributed by atoms with van der Waals surface area (Å²) in [4.78, 5) is 6.75. The van der Waals surface area contributed by atoms with Crippen LogP contribution >= 0.6 is 0 Å². The zero-order valence-corrected chi connectivity index (χ0v) is 10.3. The molecule has 0 fully saturated rings. The van der Waals surface area contributed by atoms with E-state index in [2.05, 4.69) is 9.57 Å². The number of methoxy groups -OCH3 is 1. The molecule has 0 aromatic heterocycles. The Hall–Kier alpha value is -0.950. The van der Waals surface area contributed by atoms with Crippen LogP contribution in [0, 0.1) is 13.8 Å². The summed E-state index contributed by atoms with van der Waals surface area (Å²) in [6.07, 6.45) is 0. The third-order valence-corrected chi connectivity index (χ3v) is 3.35. The molecule has 1 N–H and O–H groups in total. The molecule has 0 radical (unpaired) electrons. The third kappa shape index (κ3) is 3.28. The number of sulfonamides is 1. The molecule has 6 heteroatoms. The number of nitrogens with one attached hydrogen (secondary N) is 1. The standard InChI is InChI=1S/C10H15NO4S/c1-8-4-5-10(6-9(8)2)16(12,13)11-15-7-14-3/h4-6,11H,7H2,1-3H3. The first-order valence-electron chi connectivity index (χ1n) is 4.67. The molecular formula is C10H15NO4S. The van der Waals surface area contributed by atoms with Crippen molar-refractivity contribution in [1.82, 2.24) is 4.89 Å². The van der Waals surface area contributed by atoms with Gasteiger partial charge in [0.15, 0.2) is 6.79 Å². The Labute approximate surface area is 95.4 Å². The topological polar surface area (TPSA) is 64.6 Å². The first-order valence-corrected chi connectivity index (χ1v) is 6.15. The summed E-state index contributed by atoms with van der Waals surface area (Å²) < 4.78 is 27.9. The average Bonchev–Trinajstić information content (AvgIpc) is 2.22. The van der Waals surface area contributed by atoms with Crippen molar-refractivity contribution in [1.29, 1.82) is 0 Å². The van der Waals surface area contributed by atoms with Crippen LogP contribution < -0.4 is 4.89 Å². The Bertz CT molecular complexity index is 456. The van der Waals surface area contributed by atoms with Crippen molar-refractivity contribution in [2.24, 2.45) is 0 Å². The maximum Gasteiger partial charge on any atom is 0.262 e. The van der Waals surface area contributed by atoms with Crippen LogP contribution in [-0.4, -0.2) is 22.3 Å². The van der Waals surface area contributed by atoms with Crippen LogP contribution in [0.15, 0.2) is 23.1 Å². The Morgan fingerprint density at radius 3 is 2.50 bits per heavy atom. The Morgan fingerprint density at radius 2 is 1.94 bits per heavy atom. The van der Waals surface area contributed by atoms with Crippen molar-refractivity contribution < 1.29 is 18.0 Å². The lowest BCUT2D eigenvalue weighted by Gasteiger charge is -2.08. The predicted molar refractivity (Wildman–Crippen MR) is 59.2 cm³/mol. The van der Waals surface area contributed by atoms with E-state index in [1.807, 2.05) is 18.7 Å². The molecule has 0 atom stereocenters. The largest absolute Gasteiger partial charge is 0.357 e. The van der Waals surface area contributed by atoms with Gasteiger partial charge in [0, 0.05) is 7.11 Å². The van der Waals surface area contributed by atoms with Gasteiger partial charge in [-0.15, -0.1) is 0 Å². The van der Waals surface area contributed by atoms with Gasteiger partial charge < -0.3 is 4.74 Å². The van der Waals surface area contributed by atoms with Gasteiger partial charge in [-0.3, -0.25) is 4.84 Å². The van der Waals surface area contributed by atoms with Crippen LogP contribution in [0.1, 0.15) is 11.1 Å². The van der Waals surface area contributed by atoms with Gasteiger partial charge in [0.25, 0.3) is 10.0 Å². The quantitative estimate of drug-likeness (QED) is 0.479. The van der Waals surface area contributed by atoms with Gasteiger partial charge in [-0.25, -0.2) is 8.42 Å². The summed E-state index contributed by atoms with van der Waals surface area (Å²) in [5.74, 6) is 0. The van der Waals surface area contributed by atoms with E-state index in [0.29, 0.717) is 0 Å². The van der Waals surface area contributed by atoms with Crippen LogP contribution in [0.2, 0.25) is 0 Å². The molecule has 0 heterocycles. The molecule has 1 aromatic carbocycles. The molecule has 90 valence electrons. The van der Waals surface area contributed by atoms with Crippen molar-refractivity contribution in [2.45, 2.75) is 18.7 Å². The first kappa shape index (κ1) is 13.1. The van der Waals surface area contributed by atoms with Gasteiger partial charge in [-0.1, -0.05) is 11.0 Å². The van der Waals surface area contributed by atoms with E-state index < -0.39 is 10.0 Å². The fourth-order valence-corrected chi connectivity index (χ4v) is 1.97. The molecule has 0 spiro atoms. The summed E-state index contributed by atoms with van der Waals surface area (Å²) in [5.41, 5.74) is 1.95. The van der Waals surface area contributed by atoms with Crippen LogP contribution in [0.4, 0.5) is 0 Å². The van der Waals surface area contributed by atoms with Crippen molar-refractivity contribution in [2.75, 3.05) is 13.9 Å². The fraction of sp³-hybridized carbons (Fsp3) is 0.400. The molecule has 1 aromatic rings. The normalized spacial score (nSPS) is 11.7. The lowest BCUT2D eigenvalue weighted by atomic mass is 10.1. The molecule has 0 aliphatic heterocycles. The van der Waals surface area contributed by atoms with E-state index >= 15 is 0 Å². The molecule has 1 rings (SSSR count). The van der Waals surface area contributed by atoms with Crippen LogP contribution in [0.3, 0.4) is 0 Å². The molecular weight excluding hydrogens is 230 g/mol. The number of ether oxygens (including phenoxy) is 1. The van der Waals surface area contributed by atoms with Gasteiger partial charge in [0.05, 0.1) is 4.90 Å².